The van der Waals surface area contributed by atoms with Crippen molar-refractivity contribution in [1.29, 1.82) is 0 Å². The zero-order valence-corrected chi connectivity index (χ0v) is 14.2. The predicted molar refractivity (Wildman–Crippen MR) is 91.0 cm³/mol. The van der Waals surface area contributed by atoms with Crippen LogP contribution in [0.25, 0.3) is 0 Å². The number of rotatable bonds is 5. The third-order valence-corrected chi connectivity index (χ3v) is 4.61. The van der Waals surface area contributed by atoms with Crippen LogP contribution in [0.4, 0.5) is 0 Å². The van der Waals surface area contributed by atoms with E-state index in [-0.39, 0.29) is 5.91 Å². The topological polar surface area (TPSA) is 32.3 Å². The van der Waals surface area contributed by atoms with Gasteiger partial charge in [-0.05, 0) is 73.5 Å². The number of benzene rings is 1. The largest absolute Gasteiger partial charge is 0.352 e. The zero-order chi connectivity index (χ0) is 14.4. The Morgan fingerprint density at radius 2 is 2.30 bits per heavy atom. The molecule has 3 nitrogen and oxygen atoms in total. The third-order valence-electron chi connectivity index (χ3n) is 3.94. The molecule has 1 atom stereocenters. The maximum Gasteiger partial charge on any atom is 0.251 e. The fourth-order valence-electron chi connectivity index (χ4n) is 2.71. The summed E-state index contributed by atoms with van der Waals surface area (Å²) < 4.78 is 1.09. The minimum Gasteiger partial charge on any atom is -0.352 e. The highest BCUT2D eigenvalue weighted by Gasteiger charge is 2.17. The first-order valence-corrected chi connectivity index (χ1v) is 8.52. The molecule has 1 aromatic rings. The third kappa shape index (κ3) is 4.74. The molecule has 1 saturated heterocycles. The Kier molecular flexibility index (Phi) is 6.29. The Hall–Kier alpha value is -0.620. The Labute approximate surface area is 135 Å². The molecule has 0 unspecified atom stereocenters. The Bertz CT molecular complexity index is 450. The van der Waals surface area contributed by atoms with Crippen LogP contribution in [0.3, 0.4) is 0 Å². The van der Waals surface area contributed by atoms with E-state index in [0.717, 1.165) is 28.6 Å². The van der Waals surface area contributed by atoms with E-state index in [1.165, 1.54) is 25.8 Å². The molecule has 1 aromatic carbocycles. The highest BCUT2D eigenvalue weighted by Crippen LogP contribution is 2.16. The molecule has 1 aliphatic heterocycles. The number of piperidine rings is 1. The van der Waals surface area contributed by atoms with Gasteiger partial charge in [-0.3, -0.25) is 4.79 Å². The Morgan fingerprint density at radius 3 is 3.05 bits per heavy atom. The molecule has 0 radical (unpaired) electrons. The highest BCUT2D eigenvalue weighted by atomic mass is 127. The first-order valence-electron chi connectivity index (χ1n) is 7.44. The van der Waals surface area contributed by atoms with Crippen molar-refractivity contribution >= 4 is 28.5 Å². The summed E-state index contributed by atoms with van der Waals surface area (Å²) in [5.41, 5.74) is 0.753. The second-order valence-corrected chi connectivity index (χ2v) is 6.75. The fraction of sp³-hybridized carbons (Fsp3) is 0.562. The van der Waals surface area contributed by atoms with Gasteiger partial charge in [-0.15, -0.1) is 0 Å². The van der Waals surface area contributed by atoms with Crippen LogP contribution in [0.1, 0.15) is 43.0 Å². The first-order chi connectivity index (χ1) is 9.66. The zero-order valence-electron chi connectivity index (χ0n) is 12.1. The van der Waals surface area contributed by atoms with Crippen molar-refractivity contribution < 1.29 is 4.79 Å². The number of halogens is 1. The van der Waals surface area contributed by atoms with E-state index in [1.54, 1.807) is 0 Å². The van der Waals surface area contributed by atoms with E-state index in [1.807, 2.05) is 24.3 Å². The molecule has 110 valence electrons. The van der Waals surface area contributed by atoms with E-state index in [0.29, 0.717) is 6.04 Å². The van der Waals surface area contributed by atoms with Crippen molar-refractivity contribution in [2.75, 3.05) is 19.6 Å². The minimum absolute atomic E-state index is 0.0372. The van der Waals surface area contributed by atoms with Crippen LogP contribution in [0, 0.1) is 3.57 Å². The molecule has 1 N–H and O–H groups in total. The smallest absolute Gasteiger partial charge is 0.251 e. The monoisotopic (exact) mass is 386 g/mol. The maximum absolute atomic E-state index is 12.0. The van der Waals surface area contributed by atoms with Gasteiger partial charge in [-0.25, -0.2) is 0 Å². The second-order valence-electron chi connectivity index (χ2n) is 5.50. The second kappa shape index (κ2) is 7.98. The standard InChI is InChI=1S/C16H23IN2O/c1-13-6-2-3-10-19(13)11-5-9-18-16(20)14-7-4-8-15(17)12-14/h4,7-8,12-13H,2-3,5-6,9-11H2,1H3,(H,18,20)/t13-/m0/s1. The van der Waals surface area contributed by atoms with Gasteiger partial charge in [0.25, 0.3) is 5.91 Å². The van der Waals surface area contributed by atoms with E-state index in [2.05, 4.69) is 39.7 Å². The van der Waals surface area contributed by atoms with Crippen LogP contribution in [0.5, 0.6) is 0 Å². The molecule has 1 aliphatic rings. The molecule has 0 saturated carbocycles. The summed E-state index contributed by atoms with van der Waals surface area (Å²) in [5, 5.41) is 3.01. The van der Waals surface area contributed by atoms with Gasteiger partial charge in [0.1, 0.15) is 0 Å². The summed E-state index contributed by atoms with van der Waals surface area (Å²) >= 11 is 2.23. The molecule has 2 rings (SSSR count). The lowest BCUT2D eigenvalue weighted by molar-refractivity contribution is 0.0949. The number of hydrogen-bond donors (Lipinski definition) is 1. The Balaban J connectivity index is 1.69. The molecule has 0 aromatic heterocycles. The van der Waals surface area contributed by atoms with Crippen molar-refractivity contribution in [3.63, 3.8) is 0 Å². The van der Waals surface area contributed by atoms with E-state index in [9.17, 15) is 4.79 Å². The van der Waals surface area contributed by atoms with Gasteiger partial charge in [0.2, 0.25) is 0 Å². The number of amides is 1. The summed E-state index contributed by atoms with van der Waals surface area (Å²) in [6.45, 7) is 5.37. The molecule has 1 fully saturated rings. The number of carbonyl (C=O) groups is 1. The van der Waals surface area contributed by atoms with Crippen molar-refractivity contribution in [2.45, 2.75) is 38.6 Å². The van der Waals surface area contributed by atoms with Gasteiger partial charge in [0.15, 0.2) is 0 Å². The van der Waals surface area contributed by atoms with Crippen molar-refractivity contribution in [3.8, 4) is 0 Å². The van der Waals surface area contributed by atoms with E-state index < -0.39 is 0 Å². The summed E-state index contributed by atoms with van der Waals surface area (Å²) in [7, 11) is 0. The van der Waals surface area contributed by atoms with Gasteiger partial charge in [-0.1, -0.05) is 12.5 Å². The fourth-order valence-corrected chi connectivity index (χ4v) is 3.25. The molecule has 0 spiro atoms. The lowest BCUT2D eigenvalue weighted by Crippen LogP contribution is -2.39. The van der Waals surface area contributed by atoms with E-state index >= 15 is 0 Å². The van der Waals surface area contributed by atoms with E-state index in [4.69, 9.17) is 0 Å². The normalized spacial score (nSPS) is 19.8. The van der Waals surface area contributed by atoms with Crippen LogP contribution in [-0.2, 0) is 0 Å². The van der Waals surface area contributed by atoms with Gasteiger partial charge < -0.3 is 10.2 Å². The lowest BCUT2D eigenvalue weighted by atomic mass is 10.0. The van der Waals surface area contributed by atoms with Crippen molar-refractivity contribution in [2.24, 2.45) is 0 Å². The number of hydrogen-bond acceptors (Lipinski definition) is 2. The average Bonchev–Trinajstić information content (AvgIpc) is 2.45. The molecule has 1 heterocycles. The summed E-state index contributed by atoms with van der Waals surface area (Å²) in [5.74, 6) is 0.0372. The maximum atomic E-state index is 12.0. The predicted octanol–water partition coefficient (Wildman–Crippen LogP) is 3.29. The van der Waals surface area contributed by atoms with Crippen molar-refractivity contribution in [1.82, 2.24) is 10.2 Å². The number of nitrogens with zero attached hydrogens (tertiary/aromatic N) is 1. The summed E-state index contributed by atoms with van der Waals surface area (Å²) in [6, 6.07) is 8.41. The van der Waals surface area contributed by atoms with Gasteiger partial charge in [0.05, 0.1) is 0 Å². The lowest BCUT2D eigenvalue weighted by Gasteiger charge is -2.33. The summed E-state index contributed by atoms with van der Waals surface area (Å²) in [4.78, 5) is 14.5. The number of likely N-dealkylation sites (tertiary alicyclic amines) is 1. The number of carbonyl (C=O) groups excluding carboxylic acids is 1. The minimum atomic E-state index is 0.0372. The Morgan fingerprint density at radius 1 is 1.45 bits per heavy atom. The molecular weight excluding hydrogens is 363 g/mol. The molecule has 0 bridgehead atoms. The highest BCUT2D eigenvalue weighted by molar-refractivity contribution is 14.1. The van der Waals surface area contributed by atoms with Gasteiger partial charge in [-0.2, -0.15) is 0 Å². The van der Waals surface area contributed by atoms with Crippen molar-refractivity contribution in [3.05, 3.63) is 33.4 Å². The summed E-state index contributed by atoms with van der Waals surface area (Å²) in [6.07, 6.45) is 5.02. The van der Waals surface area contributed by atoms with Crippen LogP contribution in [0.15, 0.2) is 24.3 Å². The van der Waals surface area contributed by atoms with Crippen LogP contribution >= 0.6 is 22.6 Å². The van der Waals surface area contributed by atoms with Gasteiger partial charge >= 0.3 is 0 Å². The van der Waals surface area contributed by atoms with Crippen LogP contribution < -0.4 is 5.32 Å². The molecular formula is C16H23IN2O. The van der Waals surface area contributed by atoms with Crippen LogP contribution in [-0.4, -0.2) is 36.5 Å². The molecule has 4 heteroatoms. The average molecular weight is 386 g/mol. The SMILES string of the molecule is C[C@H]1CCCCN1CCCNC(=O)c1cccc(I)c1. The number of nitrogens with one attached hydrogen (secondary N) is 1. The molecule has 1 amide bonds. The quantitative estimate of drug-likeness (QED) is 0.622. The molecule has 0 aliphatic carbocycles. The van der Waals surface area contributed by atoms with Gasteiger partial charge in [0, 0.05) is 28.3 Å². The van der Waals surface area contributed by atoms with Crippen LogP contribution in [0.2, 0.25) is 0 Å². The molecule has 20 heavy (non-hydrogen) atoms. The first kappa shape index (κ1) is 15.8.